The minimum atomic E-state index is -0.148. The van der Waals surface area contributed by atoms with E-state index in [0.29, 0.717) is 37.1 Å². The van der Waals surface area contributed by atoms with Crippen molar-refractivity contribution < 1.29 is 19.1 Å². The van der Waals surface area contributed by atoms with Gasteiger partial charge in [-0.1, -0.05) is 24.3 Å². The van der Waals surface area contributed by atoms with Gasteiger partial charge in [0, 0.05) is 32.2 Å². The quantitative estimate of drug-likeness (QED) is 0.180. The molecule has 1 aliphatic heterocycles. The normalized spacial score (nSPS) is 26.0. The number of rotatable bonds is 7. The fourth-order valence-electron chi connectivity index (χ4n) is 4.96. The van der Waals surface area contributed by atoms with Crippen LogP contribution >= 0.6 is 24.0 Å². The van der Waals surface area contributed by atoms with Gasteiger partial charge in [-0.3, -0.25) is 19.5 Å². The summed E-state index contributed by atoms with van der Waals surface area (Å²) in [6.07, 6.45) is 5.16. The van der Waals surface area contributed by atoms with Crippen LogP contribution in [0.5, 0.6) is 11.5 Å². The van der Waals surface area contributed by atoms with E-state index < -0.39 is 0 Å². The zero-order valence-electron chi connectivity index (χ0n) is 18.0. The molecular formula is C22H29IN4O4. The van der Waals surface area contributed by atoms with E-state index in [9.17, 15) is 9.59 Å². The van der Waals surface area contributed by atoms with Crippen LogP contribution in [0.2, 0.25) is 0 Å². The molecule has 1 saturated carbocycles. The first-order valence-electron chi connectivity index (χ1n) is 10.3. The van der Waals surface area contributed by atoms with Gasteiger partial charge in [0.05, 0.1) is 26.1 Å². The summed E-state index contributed by atoms with van der Waals surface area (Å²) in [5.74, 6) is 2.06. The van der Waals surface area contributed by atoms with Crippen LogP contribution in [-0.2, 0) is 16.1 Å². The van der Waals surface area contributed by atoms with Crippen molar-refractivity contribution in [3.05, 3.63) is 35.9 Å². The van der Waals surface area contributed by atoms with Crippen LogP contribution in [0.4, 0.5) is 0 Å². The SMILES string of the molecule is CN=C(NCCN1C(=O)C2C3C=CC(C3)C2C1=O)NCc1cccc(OC)c1OC.I. The maximum atomic E-state index is 12.7. The number of carbonyl (C=O) groups excluding carboxylic acids is 2. The number of hydrogen-bond donors (Lipinski definition) is 2. The number of hydrogen-bond acceptors (Lipinski definition) is 5. The van der Waals surface area contributed by atoms with E-state index in [4.69, 9.17) is 9.47 Å². The lowest BCUT2D eigenvalue weighted by molar-refractivity contribution is -0.140. The molecule has 4 unspecified atom stereocenters. The highest BCUT2D eigenvalue weighted by atomic mass is 127. The summed E-state index contributed by atoms with van der Waals surface area (Å²) in [6.45, 7) is 1.27. The average Bonchev–Trinajstić information content (AvgIpc) is 3.45. The number of methoxy groups -OCH3 is 2. The van der Waals surface area contributed by atoms with Gasteiger partial charge < -0.3 is 20.1 Å². The van der Waals surface area contributed by atoms with Gasteiger partial charge in [0.15, 0.2) is 17.5 Å². The van der Waals surface area contributed by atoms with Crippen LogP contribution in [0.3, 0.4) is 0 Å². The van der Waals surface area contributed by atoms with Crippen molar-refractivity contribution in [2.75, 3.05) is 34.4 Å². The number of halogens is 1. The molecule has 2 N–H and O–H groups in total. The van der Waals surface area contributed by atoms with Crippen LogP contribution in [0.1, 0.15) is 12.0 Å². The number of aliphatic imine (C=N–C) groups is 1. The molecule has 2 fully saturated rings. The molecule has 0 spiro atoms. The molecule has 1 saturated heterocycles. The Morgan fingerprint density at radius 2 is 1.77 bits per heavy atom. The van der Waals surface area contributed by atoms with Crippen LogP contribution in [0, 0.1) is 23.7 Å². The summed E-state index contributed by atoms with van der Waals surface area (Å²) in [5, 5.41) is 6.41. The lowest BCUT2D eigenvalue weighted by atomic mass is 9.85. The summed E-state index contributed by atoms with van der Waals surface area (Å²) in [6, 6.07) is 5.69. The second-order valence-corrected chi connectivity index (χ2v) is 7.83. The van der Waals surface area contributed by atoms with Gasteiger partial charge in [-0.25, -0.2) is 0 Å². The summed E-state index contributed by atoms with van der Waals surface area (Å²) in [5.41, 5.74) is 0.931. The predicted molar refractivity (Wildman–Crippen MR) is 128 cm³/mol. The van der Waals surface area contributed by atoms with Crippen molar-refractivity contribution in [1.82, 2.24) is 15.5 Å². The first kappa shape index (κ1) is 23.4. The van der Waals surface area contributed by atoms with E-state index in [1.165, 1.54) is 4.90 Å². The number of para-hydroxylation sites is 1. The van der Waals surface area contributed by atoms with Gasteiger partial charge in [0.1, 0.15) is 0 Å². The molecule has 8 nitrogen and oxygen atoms in total. The molecule has 3 aliphatic rings. The molecule has 2 bridgehead atoms. The van der Waals surface area contributed by atoms with Crippen LogP contribution < -0.4 is 20.1 Å². The highest BCUT2D eigenvalue weighted by Crippen LogP contribution is 2.52. The Bertz CT molecular complexity index is 873. The zero-order valence-corrected chi connectivity index (χ0v) is 20.3. The van der Waals surface area contributed by atoms with Crippen molar-refractivity contribution in [2.24, 2.45) is 28.7 Å². The summed E-state index contributed by atoms with van der Waals surface area (Å²) in [7, 11) is 4.89. The third kappa shape index (κ3) is 4.24. The van der Waals surface area contributed by atoms with Crippen molar-refractivity contribution in [1.29, 1.82) is 0 Å². The molecule has 1 heterocycles. The van der Waals surface area contributed by atoms with Crippen LogP contribution in [0.15, 0.2) is 35.3 Å². The first-order valence-corrected chi connectivity index (χ1v) is 10.3. The molecule has 1 aromatic carbocycles. The number of guanidine groups is 1. The van der Waals surface area contributed by atoms with Crippen molar-refractivity contribution in [3.63, 3.8) is 0 Å². The highest BCUT2D eigenvalue weighted by molar-refractivity contribution is 14.0. The van der Waals surface area contributed by atoms with Gasteiger partial charge >= 0.3 is 0 Å². The second kappa shape index (κ2) is 9.88. The third-order valence-electron chi connectivity index (χ3n) is 6.34. The van der Waals surface area contributed by atoms with Crippen LogP contribution in [-0.4, -0.2) is 57.0 Å². The van der Waals surface area contributed by atoms with Gasteiger partial charge in [0.25, 0.3) is 0 Å². The van der Waals surface area contributed by atoms with Gasteiger partial charge in [0.2, 0.25) is 11.8 Å². The Morgan fingerprint density at radius 3 is 2.35 bits per heavy atom. The summed E-state index contributed by atoms with van der Waals surface area (Å²) in [4.78, 5) is 31.1. The number of ether oxygens (including phenoxy) is 2. The van der Waals surface area contributed by atoms with Crippen LogP contribution in [0.25, 0.3) is 0 Å². The molecule has 31 heavy (non-hydrogen) atoms. The molecule has 2 aliphatic carbocycles. The number of fused-ring (bicyclic) bond motifs is 5. The minimum Gasteiger partial charge on any atom is -0.493 e. The number of imide groups is 1. The van der Waals surface area contributed by atoms with Crippen molar-refractivity contribution >= 4 is 41.8 Å². The predicted octanol–water partition coefficient (Wildman–Crippen LogP) is 1.79. The summed E-state index contributed by atoms with van der Waals surface area (Å²) < 4.78 is 10.8. The second-order valence-electron chi connectivity index (χ2n) is 7.83. The van der Waals surface area contributed by atoms with Crippen molar-refractivity contribution in [2.45, 2.75) is 13.0 Å². The largest absolute Gasteiger partial charge is 0.493 e. The topological polar surface area (TPSA) is 92.3 Å². The van der Waals surface area contributed by atoms with Gasteiger partial charge in [-0.15, -0.1) is 24.0 Å². The number of allylic oxidation sites excluding steroid dienone is 2. The fourth-order valence-corrected chi connectivity index (χ4v) is 4.96. The first-order chi connectivity index (χ1) is 14.6. The molecule has 0 radical (unpaired) electrons. The van der Waals surface area contributed by atoms with Gasteiger partial charge in [-0.2, -0.15) is 0 Å². The molecule has 1 aromatic rings. The summed E-state index contributed by atoms with van der Waals surface area (Å²) >= 11 is 0. The smallest absolute Gasteiger partial charge is 0.233 e. The molecule has 0 aromatic heterocycles. The molecule has 9 heteroatoms. The van der Waals surface area contributed by atoms with Crippen molar-refractivity contribution in [3.8, 4) is 11.5 Å². The monoisotopic (exact) mass is 540 g/mol. The third-order valence-corrected chi connectivity index (χ3v) is 6.34. The Hall–Kier alpha value is -2.30. The Kier molecular flexibility index (Phi) is 7.45. The number of likely N-dealkylation sites (tertiary alicyclic amines) is 1. The minimum absolute atomic E-state index is 0. The Labute approximate surface area is 199 Å². The Balaban J connectivity index is 0.00000272. The van der Waals surface area contributed by atoms with E-state index in [1.807, 2.05) is 18.2 Å². The average molecular weight is 540 g/mol. The van der Waals surface area contributed by atoms with E-state index in [0.717, 1.165) is 12.0 Å². The molecular weight excluding hydrogens is 511 g/mol. The number of nitrogens with one attached hydrogen (secondary N) is 2. The molecule has 4 atom stereocenters. The molecule has 168 valence electrons. The number of benzene rings is 1. The van der Waals surface area contributed by atoms with E-state index in [2.05, 4.69) is 27.8 Å². The van der Waals surface area contributed by atoms with E-state index in [-0.39, 0.29) is 59.5 Å². The number of carbonyl (C=O) groups is 2. The van der Waals surface area contributed by atoms with E-state index in [1.54, 1.807) is 21.3 Å². The maximum absolute atomic E-state index is 12.7. The fraction of sp³-hybridized carbons (Fsp3) is 0.500. The Morgan fingerprint density at radius 1 is 1.10 bits per heavy atom. The maximum Gasteiger partial charge on any atom is 0.233 e. The standard InChI is InChI=1S/C22H28N4O4.HI/c1-23-22(25-12-15-5-4-6-16(29-2)19(15)30-3)24-9-10-26-20(27)17-13-7-8-14(11-13)18(17)21(26)28;/h4-8,13-14,17-18H,9-12H2,1-3H3,(H2,23,24,25);1H. The van der Waals surface area contributed by atoms with Gasteiger partial charge in [-0.05, 0) is 24.3 Å². The number of amides is 2. The molecule has 2 amide bonds. The lowest BCUT2D eigenvalue weighted by Gasteiger charge is -2.19. The van der Waals surface area contributed by atoms with E-state index >= 15 is 0 Å². The molecule has 4 rings (SSSR count). The highest BCUT2D eigenvalue weighted by Gasteiger charge is 2.58. The lowest BCUT2D eigenvalue weighted by Crippen LogP contribution is -2.43. The number of nitrogens with zero attached hydrogens (tertiary/aromatic N) is 2. The zero-order chi connectivity index (χ0) is 21.3.